The van der Waals surface area contributed by atoms with Gasteiger partial charge in [-0.3, -0.25) is 14.9 Å². The van der Waals surface area contributed by atoms with Crippen LogP contribution in [-0.4, -0.2) is 23.4 Å². The van der Waals surface area contributed by atoms with Gasteiger partial charge in [-0.05, 0) is 17.6 Å². The Labute approximate surface area is 117 Å². The van der Waals surface area contributed by atoms with Crippen LogP contribution in [0, 0.1) is 16.0 Å². The molecule has 6 nitrogen and oxygen atoms in total. The topological polar surface area (TPSA) is 98.3 Å². The molecule has 1 atom stereocenters. The zero-order chi connectivity index (χ0) is 15.1. The first kappa shape index (κ1) is 15.8. The summed E-state index contributed by atoms with van der Waals surface area (Å²) in [7, 11) is 0. The first-order chi connectivity index (χ1) is 9.40. The van der Waals surface area contributed by atoms with Gasteiger partial charge in [0.2, 0.25) is 5.91 Å². The number of carbonyl (C=O) groups is 1. The Morgan fingerprint density at radius 2 is 2.20 bits per heavy atom. The van der Waals surface area contributed by atoms with E-state index in [1.165, 1.54) is 24.3 Å². The number of benzene rings is 1. The maximum atomic E-state index is 11.6. The molecule has 0 heterocycles. The van der Waals surface area contributed by atoms with Crippen molar-refractivity contribution in [1.29, 1.82) is 0 Å². The molecule has 3 N–H and O–H groups in total. The van der Waals surface area contributed by atoms with E-state index in [0.29, 0.717) is 12.1 Å². The zero-order valence-electron chi connectivity index (χ0n) is 11.6. The molecule has 20 heavy (non-hydrogen) atoms. The molecule has 1 rings (SSSR count). The smallest absolute Gasteiger partial charge is 0.270 e. The van der Waals surface area contributed by atoms with Gasteiger partial charge in [0.15, 0.2) is 0 Å². The Bertz CT molecular complexity index is 512. The molecule has 0 aromatic heterocycles. The third-order valence-electron chi connectivity index (χ3n) is 2.88. The molecule has 1 unspecified atom stereocenters. The number of nitrogens with two attached hydrogens (primary N) is 1. The van der Waals surface area contributed by atoms with Crippen molar-refractivity contribution < 1.29 is 9.72 Å². The minimum absolute atomic E-state index is 0.00520. The van der Waals surface area contributed by atoms with Crippen LogP contribution in [0.4, 0.5) is 5.69 Å². The molecule has 0 spiro atoms. The van der Waals surface area contributed by atoms with Crippen LogP contribution in [0.5, 0.6) is 0 Å². The summed E-state index contributed by atoms with van der Waals surface area (Å²) in [6.07, 6.45) is 2.87. The van der Waals surface area contributed by atoms with Gasteiger partial charge in [-0.25, -0.2) is 0 Å². The Morgan fingerprint density at radius 1 is 1.50 bits per heavy atom. The first-order valence-electron chi connectivity index (χ1n) is 6.36. The second kappa shape index (κ2) is 7.40. The largest absolute Gasteiger partial charge is 0.351 e. The molecule has 1 aromatic rings. The van der Waals surface area contributed by atoms with Crippen molar-refractivity contribution in [2.75, 3.05) is 6.54 Å². The number of nitro groups is 1. The first-order valence-corrected chi connectivity index (χ1v) is 6.36. The fourth-order valence-corrected chi connectivity index (χ4v) is 1.43. The molecule has 6 heteroatoms. The fourth-order valence-electron chi connectivity index (χ4n) is 1.43. The lowest BCUT2D eigenvalue weighted by atomic mass is 10.1. The highest BCUT2D eigenvalue weighted by Gasteiger charge is 2.08. The number of nitrogens with zero attached hydrogens (tertiary/aromatic N) is 1. The molecule has 108 valence electrons. The number of nitro benzene ring substituents is 1. The molecule has 0 aliphatic rings. The molecule has 0 saturated heterocycles. The minimum atomic E-state index is -0.473. The fraction of sp³-hybridized carbons (Fsp3) is 0.357. The predicted molar refractivity (Wildman–Crippen MR) is 78.0 cm³/mol. The maximum absolute atomic E-state index is 11.6. The van der Waals surface area contributed by atoms with Gasteiger partial charge in [0.05, 0.1) is 4.92 Å². The summed E-state index contributed by atoms with van der Waals surface area (Å²) in [4.78, 5) is 21.7. The van der Waals surface area contributed by atoms with Crippen LogP contribution in [-0.2, 0) is 4.79 Å². The molecule has 0 bridgehead atoms. The van der Waals surface area contributed by atoms with Crippen LogP contribution in [0.25, 0.3) is 6.08 Å². The predicted octanol–water partition coefficient (Wildman–Crippen LogP) is 1.71. The number of non-ortho nitro benzene ring substituents is 1. The second-order valence-electron chi connectivity index (χ2n) is 4.84. The van der Waals surface area contributed by atoms with E-state index in [4.69, 9.17) is 5.73 Å². The van der Waals surface area contributed by atoms with Gasteiger partial charge < -0.3 is 11.1 Å². The molecule has 1 aromatic carbocycles. The quantitative estimate of drug-likeness (QED) is 0.470. The summed E-state index contributed by atoms with van der Waals surface area (Å²) in [5.74, 6) is 0.0173. The maximum Gasteiger partial charge on any atom is 0.270 e. The molecular weight excluding hydrogens is 258 g/mol. The lowest BCUT2D eigenvalue weighted by Gasteiger charge is -2.15. The Morgan fingerprint density at radius 3 is 2.80 bits per heavy atom. The van der Waals surface area contributed by atoms with Crippen molar-refractivity contribution in [3.63, 3.8) is 0 Å². The standard InChI is InChI=1S/C14H19N3O3/c1-10(2)13(15)9-16-14(18)7-6-11-4-3-5-12(8-11)17(19)20/h3-8,10,13H,9,15H2,1-2H3,(H,16,18). The normalized spacial score (nSPS) is 12.6. The average molecular weight is 277 g/mol. The van der Waals surface area contributed by atoms with E-state index in [0.717, 1.165) is 0 Å². The number of hydrogen-bond donors (Lipinski definition) is 2. The van der Waals surface area contributed by atoms with E-state index in [1.807, 2.05) is 13.8 Å². The third-order valence-corrected chi connectivity index (χ3v) is 2.88. The highest BCUT2D eigenvalue weighted by molar-refractivity contribution is 5.91. The van der Waals surface area contributed by atoms with Crippen LogP contribution in [0.2, 0.25) is 0 Å². The van der Waals surface area contributed by atoms with Crippen LogP contribution < -0.4 is 11.1 Å². The van der Waals surface area contributed by atoms with Gasteiger partial charge >= 0.3 is 0 Å². The lowest BCUT2D eigenvalue weighted by Crippen LogP contribution is -2.39. The van der Waals surface area contributed by atoms with Crippen molar-refractivity contribution in [2.45, 2.75) is 19.9 Å². The summed E-state index contributed by atoms with van der Waals surface area (Å²) in [5.41, 5.74) is 6.41. The molecule has 0 radical (unpaired) electrons. The lowest BCUT2D eigenvalue weighted by molar-refractivity contribution is -0.384. The average Bonchev–Trinajstić information content (AvgIpc) is 2.42. The number of hydrogen-bond acceptors (Lipinski definition) is 4. The molecule has 0 aliphatic heterocycles. The van der Waals surface area contributed by atoms with Crippen molar-refractivity contribution in [3.8, 4) is 0 Å². The summed E-state index contributed by atoms with van der Waals surface area (Å²) in [6.45, 7) is 4.36. The zero-order valence-corrected chi connectivity index (χ0v) is 11.6. The van der Waals surface area contributed by atoms with Crippen molar-refractivity contribution in [2.24, 2.45) is 11.7 Å². The van der Waals surface area contributed by atoms with Gasteiger partial charge in [-0.1, -0.05) is 26.0 Å². The highest BCUT2D eigenvalue weighted by Crippen LogP contribution is 2.13. The van der Waals surface area contributed by atoms with E-state index in [-0.39, 0.29) is 23.6 Å². The van der Waals surface area contributed by atoms with Gasteiger partial charge in [0, 0.05) is 30.8 Å². The molecule has 0 saturated carbocycles. The van der Waals surface area contributed by atoms with E-state index in [1.54, 1.807) is 12.1 Å². The molecule has 0 aliphatic carbocycles. The summed E-state index contributed by atoms with van der Waals surface area (Å²) in [6, 6.07) is 5.98. The number of carbonyl (C=O) groups excluding carboxylic acids is 1. The number of amides is 1. The van der Waals surface area contributed by atoms with Crippen LogP contribution in [0.3, 0.4) is 0 Å². The van der Waals surface area contributed by atoms with Crippen LogP contribution >= 0.6 is 0 Å². The van der Waals surface area contributed by atoms with Crippen molar-refractivity contribution >= 4 is 17.7 Å². The van der Waals surface area contributed by atoms with E-state index in [9.17, 15) is 14.9 Å². The van der Waals surface area contributed by atoms with Gasteiger partial charge in [-0.2, -0.15) is 0 Å². The second-order valence-corrected chi connectivity index (χ2v) is 4.84. The van der Waals surface area contributed by atoms with Crippen molar-refractivity contribution in [3.05, 3.63) is 46.0 Å². The molecule has 1 amide bonds. The Balaban J connectivity index is 2.57. The van der Waals surface area contributed by atoms with Gasteiger partial charge in [0.25, 0.3) is 5.69 Å². The van der Waals surface area contributed by atoms with Gasteiger partial charge in [0.1, 0.15) is 0 Å². The highest BCUT2D eigenvalue weighted by atomic mass is 16.6. The van der Waals surface area contributed by atoms with Crippen LogP contribution in [0.15, 0.2) is 30.3 Å². The number of nitrogens with one attached hydrogen (secondary N) is 1. The number of rotatable bonds is 6. The molecular formula is C14H19N3O3. The summed E-state index contributed by atoms with van der Waals surface area (Å²) < 4.78 is 0. The third kappa shape index (κ3) is 5.19. The monoisotopic (exact) mass is 277 g/mol. The Hall–Kier alpha value is -2.21. The van der Waals surface area contributed by atoms with E-state index < -0.39 is 4.92 Å². The van der Waals surface area contributed by atoms with Crippen LogP contribution in [0.1, 0.15) is 19.4 Å². The SMILES string of the molecule is CC(C)C(N)CNC(=O)C=Cc1cccc([N+](=O)[O-])c1. The summed E-state index contributed by atoms with van der Waals surface area (Å²) >= 11 is 0. The van der Waals surface area contributed by atoms with Gasteiger partial charge in [-0.15, -0.1) is 0 Å². The van der Waals surface area contributed by atoms with E-state index in [2.05, 4.69) is 5.32 Å². The summed E-state index contributed by atoms with van der Waals surface area (Å²) in [5, 5.41) is 13.3. The molecule has 0 fully saturated rings. The Kier molecular flexibility index (Phi) is 5.86. The van der Waals surface area contributed by atoms with E-state index >= 15 is 0 Å². The van der Waals surface area contributed by atoms with Crippen molar-refractivity contribution in [1.82, 2.24) is 5.32 Å². The minimum Gasteiger partial charge on any atom is -0.351 e.